The fourth-order valence-corrected chi connectivity index (χ4v) is 0.0849. The molecule has 0 spiro atoms. The van der Waals surface area contributed by atoms with Crippen LogP contribution >= 0.6 is 0 Å². The molecule has 2 N–H and O–H groups in total. The van der Waals surface area contributed by atoms with Gasteiger partial charge in [-0.05, 0) is 0 Å². The molecule has 0 heterocycles. The van der Waals surface area contributed by atoms with Crippen molar-refractivity contribution in [1.29, 1.82) is 0 Å². The Kier molecular flexibility index (Phi) is 2.91. The van der Waals surface area contributed by atoms with Crippen LogP contribution in [0, 0.1) is 0 Å². The molecule has 7 heteroatoms. The number of carbonyl (C=O) groups excluding carboxylic acids is 1. The van der Waals surface area contributed by atoms with Gasteiger partial charge < -0.3 is 5.11 Å². The van der Waals surface area contributed by atoms with Crippen molar-refractivity contribution in [2.24, 2.45) is 0 Å². The maximum absolute atomic E-state index is 9.63. The van der Waals surface area contributed by atoms with Gasteiger partial charge in [0.15, 0.2) is 0 Å². The van der Waals surface area contributed by atoms with Crippen molar-refractivity contribution in [2.75, 3.05) is 0 Å². The molecule has 0 radical (unpaired) electrons. The molecule has 0 rings (SSSR count). The first-order valence-corrected chi connectivity index (χ1v) is 1.59. The van der Waals surface area contributed by atoms with E-state index in [1.54, 1.807) is 0 Å². The van der Waals surface area contributed by atoms with Gasteiger partial charge in [0.1, 0.15) is 0 Å². The molecular formula is C2H2O7. The molecule has 0 aromatic heterocycles. The highest BCUT2D eigenvalue weighted by atomic mass is 17.3. The van der Waals surface area contributed by atoms with Crippen LogP contribution in [0.2, 0.25) is 0 Å². The van der Waals surface area contributed by atoms with Gasteiger partial charge in [-0.2, -0.15) is 19.8 Å². The second-order valence-electron chi connectivity index (χ2n) is 0.774. The lowest BCUT2D eigenvalue weighted by Crippen LogP contribution is -2.08. The number of hydrogen-bond donors (Lipinski definition) is 2. The minimum absolute atomic E-state index is 1.66. The Balaban J connectivity index is 3.28. The normalized spacial score (nSPS) is 7.67. The molecular weight excluding hydrogens is 136 g/mol. The van der Waals surface area contributed by atoms with Crippen LogP contribution in [0.3, 0.4) is 0 Å². The Hall–Kier alpha value is -1.50. The standard InChI is InChI=1S/C2H2O7/c3-1(4)8-9-2(5)7-6/h6H,(H,3,4). The quantitative estimate of drug-likeness (QED) is 0.364. The highest BCUT2D eigenvalue weighted by Gasteiger charge is 2.06. The zero-order valence-corrected chi connectivity index (χ0v) is 3.94. The van der Waals surface area contributed by atoms with E-state index in [9.17, 15) is 9.59 Å². The Morgan fingerprint density at radius 2 is 1.78 bits per heavy atom. The van der Waals surface area contributed by atoms with E-state index in [-0.39, 0.29) is 0 Å². The van der Waals surface area contributed by atoms with E-state index in [4.69, 9.17) is 10.4 Å². The largest absolute Gasteiger partial charge is 0.582 e. The summed E-state index contributed by atoms with van der Waals surface area (Å²) in [6.45, 7) is 0. The van der Waals surface area contributed by atoms with Crippen LogP contribution in [-0.4, -0.2) is 22.7 Å². The van der Waals surface area contributed by atoms with E-state index in [1.165, 1.54) is 0 Å². The third-order valence-corrected chi connectivity index (χ3v) is 0.256. The predicted octanol–water partition coefficient (Wildman–Crippen LogP) is 0.222. The van der Waals surface area contributed by atoms with Gasteiger partial charge in [-0.3, -0.25) is 4.89 Å². The summed E-state index contributed by atoms with van der Waals surface area (Å²) in [7, 11) is 0. The van der Waals surface area contributed by atoms with E-state index in [2.05, 4.69) is 14.7 Å². The monoisotopic (exact) mass is 138 g/mol. The van der Waals surface area contributed by atoms with Crippen LogP contribution in [0.15, 0.2) is 0 Å². The smallest absolute Gasteiger partial charge is 0.447 e. The molecule has 0 atom stereocenters. The fraction of sp³-hybridized carbons (Fsp3) is 0. The number of hydrogen-bond acceptors (Lipinski definition) is 6. The summed E-state index contributed by atoms with van der Waals surface area (Å²) in [6, 6.07) is 0. The zero-order valence-electron chi connectivity index (χ0n) is 3.94. The van der Waals surface area contributed by atoms with E-state index in [0.717, 1.165) is 0 Å². The van der Waals surface area contributed by atoms with Crippen LogP contribution in [-0.2, 0) is 14.7 Å². The molecule has 0 aromatic rings. The van der Waals surface area contributed by atoms with Crippen LogP contribution in [0.4, 0.5) is 9.59 Å². The average Bonchev–Trinajstić information content (AvgIpc) is 1.83. The van der Waals surface area contributed by atoms with E-state index < -0.39 is 12.3 Å². The van der Waals surface area contributed by atoms with Crippen molar-refractivity contribution in [3.05, 3.63) is 0 Å². The van der Waals surface area contributed by atoms with Gasteiger partial charge >= 0.3 is 12.3 Å². The lowest BCUT2D eigenvalue weighted by atomic mass is 11.4. The Morgan fingerprint density at radius 1 is 1.22 bits per heavy atom. The molecule has 7 nitrogen and oxygen atoms in total. The highest BCUT2D eigenvalue weighted by Crippen LogP contribution is 1.83. The highest BCUT2D eigenvalue weighted by molar-refractivity contribution is 5.61. The summed E-state index contributed by atoms with van der Waals surface area (Å²) in [5.41, 5.74) is 0. The van der Waals surface area contributed by atoms with E-state index in [0.29, 0.717) is 0 Å². The second kappa shape index (κ2) is 3.50. The summed E-state index contributed by atoms with van der Waals surface area (Å²) in [4.78, 5) is 28.3. The van der Waals surface area contributed by atoms with Crippen LogP contribution in [0.1, 0.15) is 0 Å². The SMILES string of the molecule is O=C(O)OOC(=O)OO. The molecule has 52 valence electrons. The molecule has 0 aromatic carbocycles. The number of carboxylic acid groups (broad SMARTS) is 1. The van der Waals surface area contributed by atoms with Crippen molar-refractivity contribution in [3.63, 3.8) is 0 Å². The van der Waals surface area contributed by atoms with Crippen LogP contribution in [0.5, 0.6) is 0 Å². The first-order valence-electron chi connectivity index (χ1n) is 1.59. The molecule has 0 amide bonds. The lowest BCUT2D eigenvalue weighted by molar-refractivity contribution is -0.274. The number of rotatable bonds is 0. The van der Waals surface area contributed by atoms with Gasteiger partial charge in [-0.1, -0.05) is 0 Å². The van der Waals surface area contributed by atoms with Gasteiger partial charge in [0.2, 0.25) is 0 Å². The molecule has 0 aliphatic carbocycles. The summed E-state index contributed by atoms with van der Waals surface area (Å²) in [6.07, 6.45) is -3.47. The Morgan fingerprint density at radius 3 is 2.11 bits per heavy atom. The van der Waals surface area contributed by atoms with Gasteiger partial charge in [0.25, 0.3) is 0 Å². The van der Waals surface area contributed by atoms with Crippen molar-refractivity contribution in [1.82, 2.24) is 0 Å². The maximum atomic E-state index is 9.63. The molecule has 0 saturated heterocycles. The first kappa shape index (κ1) is 7.50. The fourth-order valence-electron chi connectivity index (χ4n) is 0.0849. The molecule has 0 unspecified atom stereocenters. The molecule has 0 saturated carbocycles. The van der Waals surface area contributed by atoms with Crippen molar-refractivity contribution in [2.45, 2.75) is 0 Å². The summed E-state index contributed by atoms with van der Waals surface area (Å²) >= 11 is 0. The number of carbonyl (C=O) groups is 2. The maximum Gasteiger partial charge on any atom is 0.582 e. The minimum atomic E-state index is -1.82. The minimum Gasteiger partial charge on any atom is -0.447 e. The van der Waals surface area contributed by atoms with Gasteiger partial charge in [0.05, 0.1) is 0 Å². The summed E-state index contributed by atoms with van der Waals surface area (Å²) in [5, 5.41) is 15.0. The first-order chi connectivity index (χ1) is 4.16. The van der Waals surface area contributed by atoms with Crippen molar-refractivity contribution >= 4 is 12.3 Å². The average molecular weight is 138 g/mol. The predicted molar refractivity (Wildman–Crippen MR) is 19.3 cm³/mol. The third-order valence-electron chi connectivity index (χ3n) is 0.256. The molecule has 9 heavy (non-hydrogen) atoms. The Bertz CT molecular complexity index is 116. The van der Waals surface area contributed by atoms with E-state index in [1.807, 2.05) is 0 Å². The lowest BCUT2D eigenvalue weighted by Gasteiger charge is -1.92. The summed E-state index contributed by atoms with van der Waals surface area (Å²) < 4.78 is 0. The third kappa shape index (κ3) is 4.35. The van der Waals surface area contributed by atoms with Gasteiger partial charge in [-0.25, -0.2) is 4.79 Å². The Labute approximate surface area is 48.2 Å². The topological polar surface area (TPSA) is 102 Å². The molecule has 0 aliphatic rings. The van der Waals surface area contributed by atoms with Crippen molar-refractivity contribution < 1.29 is 34.6 Å². The van der Waals surface area contributed by atoms with Crippen LogP contribution < -0.4 is 0 Å². The van der Waals surface area contributed by atoms with Gasteiger partial charge in [0, 0.05) is 0 Å². The van der Waals surface area contributed by atoms with E-state index >= 15 is 0 Å². The zero-order chi connectivity index (χ0) is 7.28. The van der Waals surface area contributed by atoms with Gasteiger partial charge in [-0.15, -0.1) is 0 Å². The molecule has 0 fully saturated rings. The molecule has 0 bridgehead atoms. The summed E-state index contributed by atoms with van der Waals surface area (Å²) in [5.74, 6) is 0. The van der Waals surface area contributed by atoms with Crippen LogP contribution in [0.25, 0.3) is 0 Å². The van der Waals surface area contributed by atoms with Crippen molar-refractivity contribution in [3.8, 4) is 0 Å². The second-order valence-corrected chi connectivity index (χ2v) is 0.774. The molecule has 0 aliphatic heterocycles.